The van der Waals surface area contributed by atoms with Crippen LogP contribution in [-0.2, 0) is 4.79 Å². The van der Waals surface area contributed by atoms with E-state index in [1.807, 2.05) is 13.8 Å². The molecule has 0 heterocycles. The zero-order chi connectivity index (χ0) is 17.2. The Balaban J connectivity index is 1.95. The third-order valence-corrected chi connectivity index (χ3v) is 7.44. The van der Waals surface area contributed by atoms with Crippen molar-refractivity contribution in [1.29, 1.82) is 0 Å². The Kier molecular flexibility index (Phi) is 4.04. The Morgan fingerprint density at radius 1 is 1.26 bits per heavy atom. The average molecular weight is 320 g/mol. The Labute approximate surface area is 140 Å². The number of hydrogen-bond donors (Lipinski definition) is 2. The van der Waals surface area contributed by atoms with Gasteiger partial charge in [-0.15, -0.1) is 0 Å². The van der Waals surface area contributed by atoms with Crippen LogP contribution >= 0.6 is 0 Å². The van der Waals surface area contributed by atoms with Gasteiger partial charge in [0, 0.05) is 11.8 Å². The van der Waals surface area contributed by atoms with Gasteiger partial charge in [-0.3, -0.25) is 4.79 Å². The standard InChI is InChI=1S/C20H32O3/c1-11(2)17(22)13-10-14-12(18(13)23)6-7-15-19(3,4)16(21)8-9-20(14,15)5/h6,11,13-16,18,21,23H,7-10H2,1-5H3/t13-,14?,15+,16+,18+,20-/m0/s1. The monoisotopic (exact) mass is 320 g/mol. The maximum atomic E-state index is 12.5. The maximum absolute atomic E-state index is 12.5. The summed E-state index contributed by atoms with van der Waals surface area (Å²) in [5.74, 6) is 0.631. The number of allylic oxidation sites excluding steroid dienone is 1. The fraction of sp³-hybridized carbons (Fsp3) is 0.850. The van der Waals surface area contributed by atoms with Gasteiger partial charge in [-0.2, -0.15) is 0 Å². The molecular weight excluding hydrogens is 288 g/mol. The second-order valence-electron chi connectivity index (χ2n) is 9.27. The minimum absolute atomic E-state index is 0.0244. The molecule has 0 spiro atoms. The van der Waals surface area contributed by atoms with E-state index in [1.165, 1.54) is 0 Å². The summed E-state index contributed by atoms with van der Waals surface area (Å²) < 4.78 is 0. The molecule has 3 rings (SSSR count). The molecule has 3 aliphatic rings. The summed E-state index contributed by atoms with van der Waals surface area (Å²) in [7, 11) is 0. The largest absolute Gasteiger partial charge is 0.393 e. The van der Waals surface area contributed by atoms with Crippen molar-refractivity contribution in [2.24, 2.45) is 34.5 Å². The normalized spacial score (nSPS) is 45.4. The third-order valence-electron chi connectivity index (χ3n) is 7.44. The van der Waals surface area contributed by atoms with Crippen molar-refractivity contribution < 1.29 is 15.0 Å². The van der Waals surface area contributed by atoms with Crippen LogP contribution < -0.4 is 0 Å². The highest BCUT2D eigenvalue weighted by Gasteiger charge is 2.59. The molecule has 1 unspecified atom stereocenters. The lowest BCUT2D eigenvalue weighted by Crippen LogP contribution is -2.53. The lowest BCUT2D eigenvalue weighted by atomic mass is 9.48. The molecule has 0 bridgehead atoms. The van der Waals surface area contributed by atoms with Crippen LogP contribution in [0.4, 0.5) is 0 Å². The van der Waals surface area contributed by atoms with E-state index in [9.17, 15) is 15.0 Å². The van der Waals surface area contributed by atoms with Crippen molar-refractivity contribution in [3.05, 3.63) is 11.6 Å². The molecule has 0 aliphatic heterocycles. The van der Waals surface area contributed by atoms with Crippen molar-refractivity contribution in [1.82, 2.24) is 0 Å². The molecule has 2 fully saturated rings. The van der Waals surface area contributed by atoms with E-state index >= 15 is 0 Å². The molecule has 0 saturated heterocycles. The molecule has 130 valence electrons. The Morgan fingerprint density at radius 2 is 1.91 bits per heavy atom. The molecule has 2 saturated carbocycles. The number of carbonyl (C=O) groups is 1. The van der Waals surface area contributed by atoms with Crippen molar-refractivity contribution in [2.45, 2.75) is 72.5 Å². The van der Waals surface area contributed by atoms with Crippen LogP contribution in [0.3, 0.4) is 0 Å². The third kappa shape index (κ3) is 2.34. The van der Waals surface area contributed by atoms with E-state index < -0.39 is 6.10 Å². The molecule has 2 N–H and O–H groups in total. The number of carbonyl (C=O) groups excluding carboxylic acids is 1. The highest BCUT2D eigenvalue weighted by atomic mass is 16.3. The summed E-state index contributed by atoms with van der Waals surface area (Å²) in [5, 5.41) is 21.2. The smallest absolute Gasteiger partial charge is 0.141 e. The van der Waals surface area contributed by atoms with Crippen molar-refractivity contribution in [2.75, 3.05) is 0 Å². The fourth-order valence-corrected chi connectivity index (χ4v) is 5.89. The van der Waals surface area contributed by atoms with Gasteiger partial charge in [0.1, 0.15) is 5.78 Å². The van der Waals surface area contributed by atoms with Crippen molar-refractivity contribution in [3.63, 3.8) is 0 Å². The second-order valence-corrected chi connectivity index (χ2v) is 9.27. The summed E-state index contributed by atoms with van der Waals surface area (Å²) >= 11 is 0. The fourth-order valence-electron chi connectivity index (χ4n) is 5.89. The Morgan fingerprint density at radius 3 is 2.52 bits per heavy atom. The summed E-state index contributed by atoms with van der Waals surface area (Å²) in [4.78, 5) is 12.5. The molecule has 3 aliphatic carbocycles. The molecule has 3 nitrogen and oxygen atoms in total. The first-order valence-electron chi connectivity index (χ1n) is 9.20. The van der Waals surface area contributed by atoms with E-state index in [4.69, 9.17) is 0 Å². The predicted molar refractivity (Wildman–Crippen MR) is 90.8 cm³/mol. The zero-order valence-electron chi connectivity index (χ0n) is 15.2. The molecule has 23 heavy (non-hydrogen) atoms. The molecule has 0 aromatic rings. The number of hydrogen-bond acceptors (Lipinski definition) is 3. The first-order chi connectivity index (χ1) is 10.6. The van der Waals surface area contributed by atoms with Gasteiger partial charge in [0.25, 0.3) is 0 Å². The van der Waals surface area contributed by atoms with Crippen LogP contribution in [0.1, 0.15) is 60.3 Å². The van der Waals surface area contributed by atoms with Crippen LogP contribution in [0.5, 0.6) is 0 Å². The van der Waals surface area contributed by atoms with Crippen molar-refractivity contribution >= 4 is 5.78 Å². The van der Waals surface area contributed by atoms with Crippen LogP contribution in [0.25, 0.3) is 0 Å². The van der Waals surface area contributed by atoms with Crippen LogP contribution in [0.15, 0.2) is 11.6 Å². The summed E-state index contributed by atoms with van der Waals surface area (Å²) in [6.45, 7) is 10.5. The number of Topliss-reactive ketones (excluding diaryl/α,β-unsaturated/α-hetero) is 1. The first-order valence-corrected chi connectivity index (χ1v) is 9.20. The van der Waals surface area contributed by atoms with E-state index in [-0.39, 0.29) is 40.5 Å². The van der Waals surface area contributed by atoms with Gasteiger partial charge in [-0.1, -0.05) is 40.7 Å². The van der Waals surface area contributed by atoms with Crippen LogP contribution in [-0.4, -0.2) is 28.2 Å². The van der Waals surface area contributed by atoms with Gasteiger partial charge in [0.15, 0.2) is 0 Å². The van der Waals surface area contributed by atoms with Gasteiger partial charge in [0.05, 0.1) is 12.2 Å². The van der Waals surface area contributed by atoms with Crippen LogP contribution in [0, 0.1) is 34.5 Å². The minimum Gasteiger partial charge on any atom is -0.393 e. The highest BCUT2D eigenvalue weighted by Crippen LogP contribution is 2.63. The first kappa shape index (κ1) is 17.2. The molecule has 0 radical (unpaired) electrons. The van der Waals surface area contributed by atoms with E-state index in [0.717, 1.165) is 31.3 Å². The van der Waals surface area contributed by atoms with E-state index in [2.05, 4.69) is 26.8 Å². The quantitative estimate of drug-likeness (QED) is 0.767. The minimum atomic E-state index is -0.595. The molecular formula is C20H32O3. The Hall–Kier alpha value is -0.670. The van der Waals surface area contributed by atoms with Gasteiger partial charge in [-0.05, 0) is 53.9 Å². The summed E-state index contributed by atoms with van der Waals surface area (Å²) in [6.07, 6.45) is 4.84. The van der Waals surface area contributed by atoms with Crippen molar-refractivity contribution in [3.8, 4) is 0 Å². The topological polar surface area (TPSA) is 57.5 Å². The van der Waals surface area contributed by atoms with E-state index in [0.29, 0.717) is 5.92 Å². The van der Waals surface area contributed by atoms with Gasteiger partial charge in [0.2, 0.25) is 0 Å². The SMILES string of the molecule is CC(C)C(=O)[C@@H]1CC2C(=CC[C@@H]3C(C)(C)[C@H](O)CC[C@@]23C)[C@H]1O. The number of rotatable bonds is 2. The second kappa shape index (κ2) is 5.42. The predicted octanol–water partition coefficient (Wildman–Crippen LogP) is 3.34. The highest BCUT2D eigenvalue weighted by molar-refractivity contribution is 5.84. The zero-order valence-corrected chi connectivity index (χ0v) is 15.2. The molecule has 6 atom stereocenters. The number of aliphatic hydroxyl groups excluding tert-OH is 2. The number of aliphatic hydroxyl groups is 2. The van der Waals surface area contributed by atoms with Gasteiger partial charge in [-0.25, -0.2) is 0 Å². The molecule has 0 aromatic carbocycles. The van der Waals surface area contributed by atoms with Crippen LogP contribution in [0.2, 0.25) is 0 Å². The van der Waals surface area contributed by atoms with Gasteiger partial charge < -0.3 is 10.2 Å². The molecule has 3 heteroatoms. The lowest BCUT2D eigenvalue weighted by Gasteiger charge is -2.57. The van der Waals surface area contributed by atoms with Gasteiger partial charge >= 0.3 is 0 Å². The maximum Gasteiger partial charge on any atom is 0.141 e. The Bertz CT molecular complexity index is 533. The molecule has 0 aromatic heterocycles. The molecule has 0 amide bonds. The average Bonchev–Trinajstić information content (AvgIpc) is 2.81. The number of fused-ring (bicyclic) bond motifs is 3. The summed E-state index contributed by atoms with van der Waals surface area (Å²) in [5.41, 5.74) is 1.08. The lowest BCUT2D eigenvalue weighted by molar-refractivity contribution is -0.129. The summed E-state index contributed by atoms with van der Waals surface area (Å²) in [6, 6.07) is 0. The van der Waals surface area contributed by atoms with E-state index in [1.54, 1.807) is 0 Å². The number of ketones is 1.